The summed E-state index contributed by atoms with van der Waals surface area (Å²) in [6.45, 7) is 0. The summed E-state index contributed by atoms with van der Waals surface area (Å²) in [6.07, 6.45) is 0.816. The maximum atomic E-state index is 6.17. The summed E-state index contributed by atoms with van der Waals surface area (Å²) < 4.78 is 6.35. The average molecular weight is 389 g/mol. The zero-order valence-corrected chi connectivity index (χ0v) is 14.9. The number of likely N-dealkylation sites (N-methyl/N-ethyl adjacent to an activating group) is 1. The molecule has 21 heavy (non-hydrogen) atoms. The van der Waals surface area contributed by atoms with Crippen LogP contribution in [0.5, 0.6) is 5.75 Å². The SMILES string of the molecule is CNC(Cc1ccc(Cl)cc1)c1cc(Cl)cc(Br)c1OC. The number of rotatable bonds is 5. The van der Waals surface area contributed by atoms with E-state index in [0.29, 0.717) is 5.02 Å². The first-order valence-electron chi connectivity index (χ1n) is 6.49. The van der Waals surface area contributed by atoms with Crippen molar-refractivity contribution in [3.05, 3.63) is 62.0 Å². The number of halogens is 3. The molecule has 0 saturated carbocycles. The van der Waals surface area contributed by atoms with Crippen molar-refractivity contribution in [1.29, 1.82) is 0 Å². The first-order valence-corrected chi connectivity index (χ1v) is 8.04. The highest BCUT2D eigenvalue weighted by Gasteiger charge is 2.18. The first kappa shape index (κ1) is 16.6. The maximum absolute atomic E-state index is 6.17. The van der Waals surface area contributed by atoms with E-state index >= 15 is 0 Å². The largest absolute Gasteiger partial charge is 0.495 e. The van der Waals surface area contributed by atoms with Gasteiger partial charge in [-0.25, -0.2) is 0 Å². The van der Waals surface area contributed by atoms with Crippen LogP contribution >= 0.6 is 39.1 Å². The number of methoxy groups -OCH3 is 1. The lowest BCUT2D eigenvalue weighted by Gasteiger charge is -2.21. The van der Waals surface area contributed by atoms with Crippen molar-refractivity contribution in [2.45, 2.75) is 12.5 Å². The summed E-state index contributed by atoms with van der Waals surface area (Å²) in [4.78, 5) is 0. The molecule has 0 heterocycles. The molecule has 2 rings (SSSR count). The molecule has 0 aliphatic heterocycles. The van der Waals surface area contributed by atoms with Gasteiger partial charge in [0.2, 0.25) is 0 Å². The van der Waals surface area contributed by atoms with Crippen LogP contribution in [0, 0.1) is 0 Å². The van der Waals surface area contributed by atoms with Crippen LogP contribution in [0.1, 0.15) is 17.2 Å². The van der Waals surface area contributed by atoms with E-state index in [2.05, 4.69) is 21.2 Å². The van der Waals surface area contributed by atoms with Gasteiger partial charge >= 0.3 is 0 Å². The molecular weight excluding hydrogens is 373 g/mol. The Kier molecular flexibility index (Phi) is 5.94. The Morgan fingerprint density at radius 3 is 2.38 bits per heavy atom. The molecule has 2 nitrogen and oxygen atoms in total. The molecule has 1 unspecified atom stereocenters. The molecule has 1 atom stereocenters. The summed E-state index contributed by atoms with van der Waals surface area (Å²) in [5, 5.41) is 4.73. The smallest absolute Gasteiger partial charge is 0.137 e. The average Bonchev–Trinajstić information content (AvgIpc) is 2.46. The highest BCUT2D eigenvalue weighted by molar-refractivity contribution is 9.10. The second-order valence-electron chi connectivity index (χ2n) is 4.68. The molecule has 2 aromatic carbocycles. The van der Waals surface area contributed by atoms with Crippen molar-refractivity contribution in [2.24, 2.45) is 0 Å². The molecule has 0 spiro atoms. The molecule has 0 aromatic heterocycles. The molecular formula is C16H16BrCl2NO. The molecule has 0 bridgehead atoms. The number of hydrogen-bond donors (Lipinski definition) is 1. The van der Waals surface area contributed by atoms with Gasteiger partial charge in [0.1, 0.15) is 5.75 Å². The van der Waals surface area contributed by atoms with Crippen LogP contribution in [0.15, 0.2) is 40.9 Å². The zero-order valence-electron chi connectivity index (χ0n) is 11.8. The van der Waals surface area contributed by atoms with E-state index in [0.717, 1.165) is 27.2 Å². The van der Waals surface area contributed by atoms with Crippen LogP contribution in [0.4, 0.5) is 0 Å². The van der Waals surface area contributed by atoms with Crippen LogP contribution < -0.4 is 10.1 Å². The standard InChI is InChI=1S/C16H16BrCl2NO/c1-20-15(7-10-3-5-11(18)6-4-10)13-8-12(19)9-14(17)16(13)21-2/h3-6,8-9,15,20H,7H2,1-2H3. The van der Waals surface area contributed by atoms with E-state index in [9.17, 15) is 0 Å². The van der Waals surface area contributed by atoms with Crippen LogP contribution in [0.25, 0.3) is 0 Å². The van der Waals surface area contributed by atoms with Crippen molar-refractivity contribution in [2.75, 3.05) is 14.2 Å². The lowest BCUT2D eigenvalue weighted by Crippen LogP contribution is -2.19. The summed E-state index contributed by atoms with van der Waals surface area (Å²) in [6, 6.07) is 11.7. The van der Waals surface area contributed by atoms with Crippen LogP contribution in [-0.2, 0) is 6.42 Å². The molecule has 0 aliphatic rings. The van der Waals surface area contributed by atoms with E-state index in [4.69, 9.17) is 27.9 Å². The fraction of sp³-hybridized carbons (Fsp3) is 0.250. The fourth-order valence-corrected chi connectivity index (χ4v) is 3.40. The van der Waals surface area contributed by atoms with Crippen molar-refractivity contribution < 1.29 is 4.74 Å². The van der Waals surface area contributed by atoms with E-state index in [1.165, 1.54) is 5.56 Å². The van der Waals surface area contributed by atoms with Crippen LogP contribution in [-0.4, -0.2) is 14.2 Å². The van der Waals surface area contributed by atoms with Gasteiger partial charge in [-0.1, -0.05) is 35.3 Å². The second-order valence-corrected chi connectivity index (χ2v) is 6.41. The van der Waals surface area contributed by atoms with Crippen molar-refractivity contribution in [1.82, 2.24) is 5.32 Å². The van der Waals surface area contributed by atoms with Gasteiger partial charge in [0, 0.05) is 21.7 Å². The Labute approximate surface area is 143 Å². The van der Waals surface area contributed by atoms with E-state index in [1.54, 1.807) is 7.11 Å². The third-order valence-corrected chi connectivity index (χ3v) is 4.38. The molecule has 112 valence electrons. The number of nitrogens with one attached hydrogen (secondary N) is 1. The Morgan fingerprint density at radius 2 is 1.81 bits per heavy atom. The topological polar surface area (TPSA) is 21.3 Å². The highest BCUT2D eigenvalue weighted by Crippen LogP contribution is 2.37. The lowest BCUT2D eigenvalue weighted by molar-refractivity contribution is 0.398. The van der Waals surface area contributed by atoms with E-state index < -0.39 is 0 Å². The van der Waals surface area contributed by atoms with Gasteiger partial charge in [0.25, 0.3) is 0 Å². The van der Waals surface area contributed by atoms with Crippen molar-refractivity contribution in [3.63, 3.8) is 0 Å². The van der Waals surface area contributed by atoms with Crippen LogP contribution in [0.3, 0.4) is 0 Å². The molecule has 5 heteroatoms. The number of benzene rings is 2. The van der Waals surface area contributed by atoms with Gasteiger partial charge in [-0.05, 0) is 59.2 Å². The quantitative estimate of drug-likeness (QED) is 0.753. The minimum atomic E-state index is 0.0936. The normalized spacial score (nSPS) is 12.2. The molecule has 0 aliphatic carbocycles. The highest BCUT2D eigenvalue weighted by atomic mass is 79.9. The van der Waals surface area contributed by atoms with E-state index in [-0.39, 0.29) is 6.04 Å². The second kappa shape index (κ2) is 7.50. The molecule has 1 N–H and O–H groups in total. The van der Waals surface area contributed by atoms with Gasteiger partial charge < -0.3 is 10.1 Å². The van der Waals surface area contributed by atoms with Gasteiger partial charge in [0.15, 0.2) is 0 Å². The minimum Gasteiger partial charge on any atom is -0.495 e. The number of hydrogen-bond acceptors (Lipinski definition) is 2. The maximum Gasteiger partial charge on any atom is 0.137 e. The summed E-state index contributed by atoms with van der Waals surface area (Å²) >= 11 is 15.6. The predicted molar refractivity (Wildman–Crippen MR) is 92.7 cm³/mol. The van der Waals surface area contributed by atoms with Crippen molar-refractivity contribution in [3.8, 4) is 5.75 Å². The van der Waals surface area contributed by atoms with Gasteiger partial charge in [-0.2, -0.15) is 0 Å². The van der Waals surface area contributed by atoms with Gasteiger partial charge in [0.05, 0.1) is 11.6 Å². The Balaban J connectivity index is 2.35. The van der Waals surface area contributed by atoms with Crippen molar-refractivity contribution >= 4 is 39.1 Å². The van der Waals surface area contributed by atoms with E-state index in [1.807, 2.05) is 43.4 Å². The summed E-state index contributed by atoms with van der Waals surface area (Å²) in [5.41, 5.74) is 2.21. The minimum absolute atomic E-state index is 0.0936. The molecule has 0 radical (unpaired) electrons. The Bertz CT molecular complexity index is 616. The Morgan fingerprint density at radius 1 is 1.14 bits per heavy atom. The molecule has 0 saturated heterocycles. The predicted octanol–water partition coefficient (Wildman–Crippen LogP) is 5.27. The summed E-state index contributed by atoms with van der Waals surface area (Å²) in [7, 11) is 3.58. The molecule has 0 amide bonds. The zero-order chi connectivity index (χ0) is 15.4. The monoisotopic (exact) mass is 387 g/mol. The van der Waals surface area contributed by atoms with Crippen LogP contribution in [0.2, 0.25) is 10.0 Å². The third kappa shape index (κ3) is 4.13. The number of ether oxygens (including phenoxy) is 1. The third-order valence-electron chi connectivity index (χ3n) is 3.32. The lowest BCUT2D eigenvalue weighted by atomic mass is 9.98. The van der Waals surface area contributed by atoms with Gasteiger partial charge in [-0.3, -0.25) is 0 Å². The first-order chi connectivity index (χ1) is 10.0. The molecule has 0 fully saturated rings. The fourth-order valence-electron chi connectivity index (χ4n) is 2.28. The molecule has 2 aromatic rings. The summed E-state index contributed by atoms with van der Waals surface area (Å²) in [5.74, 6) is 0.799. The Hall–Kier alpha value is -0.740. The van der Waals surface area contributed by atoms with Gasteiger partial charge in [-0.15, -0.1) is 0 Å².